The van der Waals surface area contributed by atoms with Crippen LogP contribution < -0.4 is 4.74 Å². The molecule has 9 rings (SSSR count). The Morgan fingerprint density at radius 3 is 2.76 bits per heavy atom. The molecule has 4 atom stereocenters. The number of benzene rings is 2. The zero-order chi connectivity index (χ0) is 33.4. The van der Waals surface area contributed by atoms with Gasteiger partial charge in [-0.25, -0.2) is 13.2 Å². The quantitative estimate of drug-likeness (QED) is 0.205. The molecule has 0 amide bonds. The molecule has 7 heterocycles. The highest BCUT2D eigenvalue weighted by atomic mass is 19.1. The number of halogens is 3. The summed E-state index contributed by atoms with van der Waals surface area (Å²) in [6.07, 6.45) is 16.2. The van der Waals surface area contributed by atoms with Gasteiger partial charge in [0.2, 0.25) is 0 Å². The number of aromatic nitrogens is 5. The van der Waals surface area contributed by atoms with Crippen LogP contribution in [0.4, 0.5) is 13.2 Å². The van der Waals surface area contributed by atoms with Gasteiger partial charge in [-0.3, -0.25) is 14.6 Å². The van der Waals surface area contributed by atoms with Gasteiger partial charge in [0.25, 0.3) is 0 Å². The molecule has 3 aromatic heterocycles. The first-order valence-corrected chi connectivity index (χ1v) is 16.8. The lowest BCUT2D eigenvalue weighted by Crippen LogP contribution is -2.43. The van der Waals surface area contributed by atoms with Crippen molar-refractivity contribution < 1.29 is 27.8 Å². The van der Waals surface area contributed by atoms with Crippen LogP contribution in [0.15, 0.2) is 42.9 Å². The average molecular weight is 667 g/mol. The molecular weight excluding hydrogens is 633 g/mol. The van der Waals surface area contributed by atoms with Crippen LogP contribution in [0.1, 0.15) is 56.6 Å². The van der Waals surface area contributed by atoms with Gasteiger partial charge in [-0.05, 0) is 68.7 Å². The van der Waals surface area contributed by atoms with Gasteiger partial charge >= 0.3 is 6.01 Å². The summed E-state index contributed by atoms with van der Waals surface area (Å²) in [6, 6.07) is 5.53. The predicted molar refractivity (Wildman–Crippen MR) is 176 cm³/mol. The molecule has 2 aromatic carbocycles. The molecule has 4 fully saturated rings. The van der Waals surface area contributed by atoms with Gasteiger partial charge in [-0.15, -0.1) is 6.42 Å². The van der Waals surface area contributed by atoms with Crippen molar-refractivity contribution in [2.45, 2.75) is 74.9 Å². The highest BCUT2D eigenvalue weighted by Crippen LogP contribution is 2.43. The van der Waals surface area contributed by atoms with E-state index in [9.17, 15) is 13.9 Å². The Kier molecular flexibility index (Phi) is 7.07. The second kappa shape index (κ2) is 11.4. The molecule has 0 aliphatic carbocycles. The van der Waals surface area contributed by atoms with Crippen LogP contribution in [0.25, 0.3) is 44.2 Å². The molecule has 12 heteroatoms. The number of pyridine rings is 1. The minimum Gasteiger partial charge on any atom is -0.508 e. The minimum atomic E-state index is -0.941. The van der Waals surface area contributed by atoms with Gasteiger partial charge < -0.3 is 14.6 Å². The molecule has 0 spiro atoms. The maximum absolute atomic E-state index is 16.9. The largest absolute Gasteiger partial charge is 0.508 e. The van der Waals surface area contributed by atoms with Gasteiger partial charge in [-0.2, -0.15) is 15.1 Å². The van der Waals surface area contributed by atoms with Crippen molar-refractivity contribution in [3.63, 3.8) is 0 Å². The van der Waals surface area contributed by atoms with E-state index in [4.69, 9.17) is 20.9 Å². The molecule has 250 valence electrons. The Labute approximate surface area is 280 Å². The second-order valence-electron chi connectivity index (χ2n) is 13.9. The molecule has 2 bridgehead atoms. The third-order valence-corrected chi connectivity index (χ3v) is 10.9. The van der Waals surface area contributed by atoms with E-state index in [1.165, 1.54) is 30.5 Å². The molecule has 1 N–H and O–H groups in total. The van der Waals surface area contributed by atoms with Crippen LogP contribution in [0, 0.1) is 24.0 Å². The molecule has 2 unspecified atom stereocenters. The third kappa shape index (κ3) is 5.01. The summed E-state index contributed by atoms with van der Waals surface area (Å²) >= 11 is 0. The van der Waals surface area contributed by atoms with Gasteiger partial charge in [0.15, 0.2) is 5.82 Å². The molecule has 4 aliphatic heterocycles. The molecule has 5 aromatic rings. The van der Waals surface area contributed by atoms with Crippen LogP contribution in [-0.2, 0) is 4.74 Å². The standard InChI is InChI=1S/C37H33F3N6O3/c1-2-27-30(39)7-4-20-10-24(47)13-28(31(20)27)34-32(40)35-29(16-41-34)33(21-15-42-46(17-21)23-11-25-5-6-26(12-23)49-25)43-36(44-35)48-19-37-8-3-9-45(37)18-22(38)14-37/h1,4,7,10,13,15-17,22-23,25-26,47H,3,5-6,8-9,11-12,14,18-19H2/t22-,23?,25?,26?,37+/m1/s1. The number of terminal acetylenes is 1. The number of nitrogens with zero attached hydrogens (tertiary/aromatic N) is 6. The monoisotopic (exact) mass is 666 g/mol. The van der Waals surface area contributed by atoms with Crippen molar-refractivity contribution >= 4 is 21.7 Å². The van der Waals surface area contributed by atoms with E-state index < -0.39 is 23.3 Å². The van der Waals surface area contributed by atoms with Crippen LogP contribution in [-0.4, -0.2) is 78.4 Å². The smallest absolute Gasteiger partial charge is 0.317 e. The molecule has 49 heavy (non-hydrogen) atoms. The summed E-state index contributed by atoms with van der Waals surface area (Å²) in [5.41, 5.74) is 0.346. The van der Waals surface area contributed by atoms with Crippen LogP contribution in [0.5, 0.6) is 11.8 Å². The number of hydrogen-bond donors (Lipinski definition) is 1. The zero-order valence-electron chi connectivity index (χ0n) is 26.6. The molecule has 9 nitrogen and oxygen atoms in total. The number of phenols is 1. The summed E-state index contributed by atoms with van der Waals surface area (Å²) in [4.78, 5) is 15.9. The summed E-state index contributed by atoms with van der Waals surface area (Å²) < 4.78 is 60.5. The molecule has 0 radical (unpaired) electrons. The Bertz CT molecular complexity index is 2170. The van der Waals surface area contributed by atoms with E-state index in [1.807, 2.05) is 10.9 Å². The number of alkyl halides is 1. The SMILES string of the molecule is C#Cc1c(F)ccc2cc(O)cc(-c3ncc4c(-c5cnn(C6CC7CCC(C6)O7)c5)nc(OC[C@@]56CCCN5C[C@H](F)C6)nc4c3F)c12. The highest BCUT2D eigenvalue weighted by Gasteiger charge is 2.49. The maximum atomic E-state index is 16.9. The number of ether oxygens (including phenoxy) is 2. The average Bonchev–Trinajstić information content (AvgIpc) is 3.87. The van der Waals surface area contributed by atoms with E-state index in [0.29, 0.717) is 35.0 Å². The normalized spacial score (nSPS) is 26.4. The Morgan fingerprint density at radius 1 is 1.10 bits per heavy atom. The topological polar surface area (TPSA) is 98.4 Å². The first-order valence-electron chi connectivity index (χ1n) is 16.8. The zero-order valence-corrected chi connectivity index (χ0v) is 26.6. The third-order valence-electron chi connectivity index (χ3n) is 10.9. The molecule has 0 saturated carbocycles. The van der Waals surface area contributed by atoms with E-state index in [-0.39, 0.29) is 64.3 Å². The summed E-state index contributed by atoms with van der Waals surface area (Å²) in [6.45, 7) is 1.31. The van der Waals surface area contributed by atoms with E-state index in [2.05, 4.69) is 25.9 Å². The van der Waals surface area contributed by atoms with Crippen LogP contribution in [0.3, 0.4) is 0 Å². The van der Waals surface area contributed by atoms with Gasteiger partial charge in [0.05, 0.1) is 41.2 Å². The van der Waals surface area contributed by atoms with Crippen molar-refractivity contribution in [1.29, 1.82) is 0 Å². The fraction of sp³-hybridized carbons (Fsp3) is 0.405. The second-order valence-corrected chi connectivity index (χ2v) is 13.9. The fourth-order valence-electron chi connectivity index (χ4n) is 8.62. The minimum absolute atomic E-state index is 0.0601. The van der Waals surface area contributed by atoms with Gasteiger partial charge in [-0.1, -0.05) is 12.0 Å². The van der Waals surface area contributed by atoms with Crippen LogP contribution >= 0.6 is 0 Å². The van der Waals surface area contributed by atoms with E-state index in [1.54, 1.807) is 6.20 Å². The first-order chi connectivity index (χ1) is 23.8. The summed E-state index contributed by atoms with van der Waals surface area (Å²) in [7, 11) is 0. The number of rotatable bonds is 6. The lowest BCUT2D eigenvalue weighted by molar-refractivity contribution is -0.0180. The number of phenolic OH excluding ortho intramolecular Hbond substituents is 1. The van der Waals surface area contributed by atoms with Crippen molar-refractivity contribution in [3.05, 3.63) is 60.1 Å². The first kappa shape index (κ1) is 30.3. The Morgan fingerprint density at radius 2 is 1.94 bits per heavy atom. The number of aromatic hydroxyl groups is 1. The van der Waals surface area contributed by atoms with E-state index >= 15 is 4.39 Å². The maximum Gasteiger partial charge on any atom is 0.317 e. The molecular formula is C37H33F3N6O3. The van der Waals surface area contributed by atoms with Crippen LogP contribution in [0.2, 0.25) is 0 Å². The summed E-state index contributed by atoms with van der Waals surface area (Å²) in [5, 5.41) is 16.2. The van der Waals surface area contributed by atoms with Crippen molar-refractivity contribution in [3.8, 4) is 46.6 Å². The molecule has 4 aliphatic rings. The fourth-order valence-corrected chi connectivity index (χ4v) is 8.62. The lowest BCUT2D eigenvalue weighted by Gasteiger charge is -2.30. The van der Waals surface area contributed by atoms with Crippen molar-refractivity contribution in [1.82, 2.24) is 29.6 Å². The number of hydrogen-bond acceptors (Lipinski definition) is 8. The lowest BCUT2D eigenvalue weighted by atomic mass is 9.95. The predicted octanol–water partition coefficient (Wildman–Crippen LogP) is 6.51. The van der Waals surface area contributed by atoms with E-state index in [0.717, 1.165) is 45.1 Å². The highest BCUT2D eigenvalue weighted by molar-refractivity contribution is 6.03. The van der Waals surface area contributed by atoms with Gasteiger partial charge in [0.1, 0.15) is 35.6 Å². The number of fused-ring (bicyclic) bond motifs is 5. The Balaban J connectivity index is 1.18. The Hall–Kier alpha value is -4.73. The summed E-state index contributed by atoms with van der Waals surface area (Å²) in [5.74, 6) is 0.735. The molecule has 4 saturated heterocycles. The van der Waals surface area contributed by atoms with Crippen molar-refractivity contribution in [2.24, 2.45) is 0 Å². The van der Waals surface area contributed by atoms with Gasteiger partial charge in [0, 0.05) is 47.3 Å². The van der Waals surface area contributed by atoms with Crippen molar-refractivity contribution in [2.75, 3.05) is 19.7 Å².